The first-order chi connectivity index (χ1) is 7.33. The molecular formula is C9H7F3N2OS. The van der Waals surface area contributed by atoms with Crippen LogP contribution in [0.5, 0.6) is 0 Å². The lowest BCUT2D eigenvalue weighted by atomic mass is 10.2. The molecule has 0 unspecified atom stereocenters. The Morgan fingerprint density at radius 1 is 1.62 bits per heavy atom. The zero-order valence-electron chi connectivity index (χ0n) is 8.18. The van der Waals surface area contributed by atoms with Gasteiger partial charge in [-0.15, -0.1) is 11.3 Å². The van der Waals surface area contributed by atoms with Crippen molar-refractivity contribution in [3.05, 3.63) is 21.4 Å². The molecule has 1 heterocycles. The van der Waals surface area contributed by atoms with E-state index in [1.54, 1.807) is 18.3 Å². The predicted molar refractivity (Wildman–Crippen MR) is 52.2 cm³/mol. The summed E-state index contributed by atoms with van der Waals surface area (Å²) >= 11 is 0.996. The van der Waals surface area contributed by atoms with Crippen LogP contribution in [0.3, 0.4) is 0 Å². The van der Waals surface area contributed by atoms with E-state index in [2.05, 4.69) is 0 Å². The van der Waals surface area contributed by atoms with Crippen molar-refractivity contribution < 1.29 is 18.0 Å². The minimum absolute atomic E-state index is 0.0178. The van der Waals surface area contributed by atoms with Crippen LogP contribution in [-0.4, -0.2) is 18.6 Å². The van der Waals surface area contributed by atoms with Crippen molar-refractivity contribution in [1.29, 1.82) is 5.26 Å². The summed E-state index contributed by atoms with van der Waals surface area (Å²) in [4.78, 5) is 12.1. The monoisotopic (exact) mass is 248 g/mol. The van der Waals surface area contributed by atoms with Crippen molar-refractivity contribution >= 4 is 17.2 Å². The summed E-state index contributed by atoms with van der Waals surface area (Å²) in [5.41, 5.74) is 0.0992. The number of nitrogens with zero attached hydrogens (tertiary/aromatic N) is 1. The highest BCUT2D eigenvalue weighted by Crippen LogP contribution is 2.21. The number of aryl methyl sites for hydroxylation is 1. The van der Waals surface area contributed by atoms with Crippen LogP contribution >= 0.6 is 11.3 Å². The molecule has 0 saturated carbocycles. The number of hydrogen-bond acceptors (Lipinski definition) is 3. The van der Waals surface area contributed by atoms with E-state index in [0.29, 0.717) is 4.88 Å². The largest absolute Gasteiger partial charge is 0.405 e. The van der Waals surface area contributed by atoms with E-state index >= 15 is 0 Å². The average Bonchev–Trinajstić information content (AvgIpc) is 2.55. The van der Waals surface area contributed by atoms with Crippen LogP contribution in [0.4, 0.5) is 13.2 Å². The summed E-state index contributed by atoms with van der Waals surface area (Å²) in [6.45, 7) is 0.277. The van der Waals surface area contributed by atoms with Gasteiger partial charge >= 0.3 is 6.18 Å². The van der Waals surface area contributed by atoms with Gasteiger partial charge in [0.2, 0.25) is 0 Å². The first-order valence-corrected chi connectivity index (χ1v) is 5.00. The van der Waals surface area contributed by atoms with Crippen LogP contribution < -0.4 is 5.32 Å². The Hall–Kier alpha value is -1.55. The smallest absolute Gasteiger partial charge is 0.342 e. The fraction of sp³-hybridized carbons (Fsp3) is 0.333. The van der Waals surface area contributed by atoms with Gasteiger partial charge in [0.05, 0.1) is 5.56 Å². The van der Waals surface area contributed by atoms with E-state index in [4.69, 9.17) is 5.26 Å². The van der Waals surface area contributed by atoms with Crippen molar-refractivity contribution in [3.8, 4) is 6.07 Å². The van der Waals surface area contributed by atoms with Crippen molar-refractivity contribution in [2.45, 2.75) is 13.1 Å². The van der Waals surface area contributed by atoms with E-state index in [1.807, 2.05) is 0 Å². The number of hydrogen-bond donors (Lipinski definition) is 1. The lowest BCUT2D eigenvalue weighted by Crippen LogP contribution is -2.33. The topological polar surface area (TPSA) is 52.9 Å². The third-order valence-corrected chi connectivity index (χ3v) is 2.68. The van der Waals surface area contributed by atoms with Crippen LogP contribution in [0.15, 0.2) is 6.07 Å². The van der Waals surface area contributed by atoms with Gasteiger partial charge in [-0.05, 0) is 13.0 Å². The van der Waals surface area contributed by atoms with E-state index in [-0.39, 0.29) is 10.4 Å². The van der Waals surface area contributed by atoms with Gasteiger partial charge in [0.15, 0.2) is 0 Å². The van der Waals surface area contributed by atoms with E-state index in [0.717, 1.165) is 11.3 Å². The lowest BCUT2D eigenvalue weighted by Gasteiger charge is -2.07. The van der Waals surface area contributed by atoms with Crippen LogP contribution in [0.25, 0.3) is 0 Å². The summed E-state index contributed by atoms with van der Waals surface area (Å²) in [5.74, 6) is -0.869. The molecule has 1 amide bonds. The van der Waals surface area contributed by atoms with E-state index in [9.17, 15) is 18.0 Å². The zero-order chi connectivity index (χ0) is 12.3. The molecule has 0 radical (unpaired) electrons. The zero-order valence-corrected chi connectivity index (χ0v) is 9.00. The van der Waals surface area contributed by atoms with Gasteiger partial charge in [-0.25, -0.2) is 0 Å². The molecule has 86 valence electrons. The average molecular weight is 248 g/mol. The Kier molecular flexibility index (Phi) is 3.55. The molecule has 0 atom stereocenters. The van der Waals surface area contributed by atoms with E-state index in [1.165, 1.54) is 6.07 Å². The summed E-state index contributed by atoms with van der Waals surface area (Å²) in [6.07, 6.45) is -4.45. The first kappa shape index (κ1) is 12.5. The molecule has 0 aliphatic rings. The van der Waals surface area contributed by atoms with Gasteiger partial charge in [0.1, 0.15) is 17.5 Å². The molecule has 0 aromatic carbocycles. The van der Waals surface area contributed by atoms with Gasteiger partial charge in [0.25, 0.3) is 5.91 Å². The van der Waals surface area contributed by atoms with Crippen LogP contribution in [0.1, 0.15) is 20.1 Å². The molecule has 0 bridgehead atoms. The van der Waals surface area contributed by atoms with Crippen molar-refractivity contribution in [1.82, 2.24) is 5.32 Å². The number of carbonyl (C=O) groups excluding carboxylic acids is 1. The number of thiophene rings is 1. The van der Waals surface area contributed by atoms with E-state index < -0.39 is 18.6 Å². The predicted octanol–water partition coefficient (Wildman–Crippen LogP) is 2.22. The molecule has 3 nitrogen and oxygen atoms in total. The van der Waals surface area contributed by atoms with Crippen molar-refractivity contribution in [2.75, 3.05) is 6.54 Å². The molecule has 1 rings (SSSR count). The Labute approximate surface area is 93.5 Å². The fourth-order valence-electron chi connectivity index (χ4n) is 1.03. The van der Waals surface area contributed by atoms with Crippen molar-refractivity contribution in [3.63, 3.8) is 0 Å². The third kappa shape index (κ3) is 3.24. The molecule has 0 aliphatic carbocycles. The normalized spacial score (nSPS) is 10.9. The summed E-state index contributed by atoms with van der Waals surface area (Å²) in [7, 11) is 0. The highest BCUT2D eigenvalue weighted by molar-refractivity contribution is 7.14. The summed E-state index contributed by atoms with van der Waals surface area (Å²) in [5, 5.41) is 10.4. The standard InChI is InChI=1S/C9H7F3N2OS/c1-5-2-6(3-13)7(16-5)8(15)14-4-9(10,11)12/h2H,4H2,1H3,(H,14,15). The number of nitriles is 1. The Bertz CT molecular complexity index is 445. The highest BCUT2D eigenvalue weighted by Gasteiger charge is 2.28. The van der Waals surface area contributed by atoms with Gasteiger partial charge in [0, 0.05) is 4.88 Å². The maximum absolute atomic E-state index is 11.8. The minimum atomic E-state index is -4.45. The molecular weight excluding hydrogens is 241 g/mol. The number of rotatable bonds is 2. The van der Waals surface area contributed by atoms with Gasteiger partial charge in [-0.1, -0.05) is 0 Å². The van der Waals surface area contributed by atoms with Gasteiger partial charge < -0.3 is 5.32 Å². The number of amides is 1. The molecule has 7 heteroatoms. The second-order valence-corrected chi connectivity index (χ2v) is 4.27. The molecule has 1 N–H and O–H groups in total. The maximum atomic E-state index is 11.8. The molecule has 1 aromatic heterocycles. The maximum Gasteiger partial charge on any atom is 0.405 e. The van der Waals surface area contributed by atoms with Crippen LogP contribution in [0, 0.1) is 18.3 Å². The Balaban J connectivity index is 2.78. The summed E-state index contributed by atoms with van der Waals surface area (Å²) < 4.78 is 35.5. The third-order valence-electron chi connectivity index (χ3n) is 1.63. The SMILES string of the molecule is Cc1cc(C#N)c(C(=O)NCC(F)(F)F)s1. The first-order valence-electron chi connectivity index (χ1n) is 4.19. The molecule has 1 aromatic rings. The second-order valence-electron chi connectivity index (χ2n) is 3.01. The molecule has 16 heavy (non-hydrogen) atoms. The van der Waals surface area contributed by atoms with Crippen molar-refractivity contribution in [2.24, 2.45) is 0 Å². The minimum Gasteiger partial charge on any atom is -0.342 e. The van der Waals surface area contributed by atoms with Crippen LogP contribution in [-0.2, 0) is 0 Å². The molecule has 0 aliphatic heterocycles. The molecule has 0 saturated heterocycles. The number of halogens is 3. The number of alkyl halides is 3. The summed E-state index contributed by atoms with van der Waals surface area (Å²) in [6, 6.07) is 3.23. The Morgan fingerprint density at radius 3 is 2.75 bits per heavy atom. The fourth-order valence-corrected chi connectivity index (χ4v) is 1.90. The number of carbonyl (C=O) groups is 1. The van der Waals surface area contributed by atoms with Gasteiger partial charge in [-0.3, -0.25) is 4.79 Å². The second kappa shape index (κ2) is 4.53. The highest BCUT2D eigenvalue weighted by atomic mass is 32.1. The quantitative estimate of drug-likeness (QED) is 0.872. The van der Waals surface area contributed by atoms with Crippen LogP contribution in [0.2, 0.25) is 0 Å². The lowest BCUT2D eigenvalue weighted by molar-refractivity contribution is -0.123. The molecule has 0 fully saturated rings. The molecule has 0 spiro atoms. The van der Waals surface area contributed by atoms with Gasteiger partial charge in [-0.2, -0.15) is 18.4 Å². The Morgan fingerprint density at radius 2 is 2.25 bits per heavy atom. The number of nitrogens with one attached hydrogen (secondary N) is 1.